The average Bonchev–Trinajstić information content (AvgIpc) is 3.58. The molecule has 0 spiro atoms. The van der Waals surface area contributed by atoms with Crippen LogP contribution in [0.15, 0.2) is 59.6 Å². The van der Waals surface area contributed by atoms with Crippen molar-refractivity contribution in [1.29, 1.82) is 0 Å². The number of pyridine rings is 1. The molecule has 0 radical (unpaired) electrons. The highest BCUT2D eigenvalue weighted by Crippen LogP contribution is 2.43. The van der Waals surface area contributed by atoms with Crippen molar-refractivity contribution in [1.82, 2.24) is 15.0 Å². The predicted octanol–water partition coefficient (Wildman–Crippen LogP) is 6.46. The number of anilines is 1. The molecule has 0 atom stereocenters. The first-order valence-electron chi connectivity index (χ1n) is 13.5. The van der Waals surface area contributed by atoms with E-state index in [2.05, 4.69) is 32.6 Å². The van der Waals surface area contributed by atoms with Gasteiger partial charge in [-0.1, -0.05) is 19.1 Å². The van der Waals surface area contributed by atoms with Crippen molar-refractivity contribution < 1.29 is 18.3 Å². The molecule has 0 bridgehead atoms. The number of rotatable bonds is 7. The van der Waals surface area contributed by atoms with Crippen LogP contribution in [0.3, 0.4) is 0 Å². The van der Waals surface area contributed by atoms with Crippen LogP contribution in [0.2, 0.25) is 0 Å². The van der Waals surface area contributed by atoms with Crippen LogP contribution in [0.4, 0.5) is 14.6 Å². The molecule has 206 valence electrons. The van der Waals surface area contributed by atoms with Gasteiger partial charge in [0.1, 0.15) is 17.9 Å². The molecule has 3 aromatic rings. The van der Waals surface area contributed by atoms with E-state index in [1.54, 1.807) is 31.6 Å². The van der Waals surface area contributed by atoms with Gasteiger partial charge in [0.25, 0.3) is 0 Å². The maximum absolute atomic E-state index is 12.7. The van der Waals surface area contributed by atoms with E-state index in [1.807, 2.05) is 31.3 Å². The van der Waals surface area contributed by atoms with Gasteiger partial charge in [0, 0.05) is 60.6 Å². The third kappa shape index (κ3) is 4.96. The SMILES string of the molecule is COc1ccc(C2=Cc3c(ncnc3N3CCC(C)(C4=NC(C)=C(c5cccc(OC(F)F)c5)C4)CC3)C2)cn1. The summed E-state index contributed by atoms with van der Waals surface area (Å²) in [5.74, 6) is 1.73. The van der Waals surface area contributed by atoms with Crippen molar-refractivity contribution in [3.8, 4) is 11.6 Å². The Bertz CT molecular complexity index is 1520. The highest BCUT2D eigenvalue weighted by atomic mass is 19.3. The van der Waals surface area contributed by atoms with Gasteiger partial charge in [-0.05, 0) is 66.3 Å². The summed E-state index contributed by atoms with van der Waals surface area (Å²) in [7, 11) is 1.61. The van der Waals surface area contributed by atoms with Crippen LogP contribution in [0.5, 0.6) is 11.6 Å². The van der Waals surface area contributed by atoms with E-state index in [0.717, 1.165) is 77.5 Å². The monoisotopic (exact) mass is 543 g/mol. The molecule has 2 aliphatic heterocycles. The van der Waals surface area contributed by atoms with E-state index in [4.69, 9.17) is 14.7 Å². The lowest BCUT2D eigenvalue weighted by Gasteiger charge is -2.40. The maximum Gasteiger partial charge on any atom is 0.387 e. The van der Waals surface area contributed by atoms with Gasteiger partial charge >= 0.3 is 6.61 Å². The van der Waals surface area contributed by atoms with Crippen molar-refractivity contribution in [2.24, 2.45) is 10.4 Å². The summed E-state index contributed by atoms with van der Waals surface area (Å²) in [6, 6.07) is 10.8. The van der Waals surface area contributed by atoms with Gasteiger partial charge in [0.15, 0.2) is 0 Å². The Morgan fingerprint density at radius 1 is 1.00 bits per heavy atom. The summed E-state index contributed by atoms with van der Waals surface area (Å²) < 4.78 is 35.3. The molecule has 3 aliphatic rings. The number of nitrogens with zero attached hydrogens (tertiary/aromatic N) is 5. The van der Waals surface area contributed by atoms with E-state index in [-0.39, 0.29) is 11.2 Å². The van der Waals surface area contributed by atoms with Crippen LogP contribution in [0, 0.1) is 5.41 Å². The van der Waals surface area contributed by atoms with Crippen LogP contribution >= 0.6 is 0 Å². The first kappa shape index (κ1) is 26.1. The number of ether oxygens (including phenoxy) is 2. The zero-order chi connectivity index (χ0) is 27.9. The standard InChI is InChI=1S/C31H31F2N5O2/c1-19-24(20-5-4-6-23(13-20)40-30(32)33)16-27(37-19)31(2)9-11-38(12-10-31)29-25-14-22(15-26(25)35-18-36-29)21-7-8-28(39-3)34-17-21/h4-8,13-14,17-18,30H,9-12,15-16H2,1-3H3. The summed E-state index contributed by atoms with van der Waals surface area (Å²) in [5.41, 5.74) is 8.33. The molecule has 0 N–H and O–H groups in total. The van der Waals surface area contributed by atoms with Gasteiger partial charge in [-0.15, -0.1) is 0 Å². The van der Waals surface area contributed by atoms with E-state index >= 15 is 0 Å². The molecular weight excluding hydrogens is 512 g/mol. The van der Waals surface area contributed by atoms with Crippen molar-refractivity contribution >= 4 is 28.8 Å². The minimum Gasteiger partial charge on any atom is -0.481 e. The number of fused-ring (bicyclic) bond motifs is 1. The molecule has 0 unspecified atom stereocenters. The molecule has 1 fully saturated rings. The summed E-state index contributed by atoms with van der Waals surface area (Å²) in [6.07, 6.45) is 9.04. The fourth-order valence-electron chi connectivity index (χ4n) is 5.87. The molecule has 1 aromatic carbocycles. The molecule has 0 amide bonds. The summed E-state index contributed by atoms with van der Waals surface area (Å²) >= 11 is 0. The summed E-state index contributed by atoms with van der Waals surface area (Å²) in [4.78, 5) is 21.0. The van der Waals surface area contributed by atoms with Crippen molar-refractivity contribution in [3.63, 3.8) is 0 Å². The summed E-state index contributed by atoms with van der Waals surface area (Å²) in [6.45, 7) is 3.15. The van der Waals surface area contributed by atoms with E-state index in [1.165, 1.54) is 5.57 Å². The molecule has 4 heterocycles. The van der Waals surface area contributed by atoms with E-state index in [9.17, 15) is 8.78 Å². The van der Waals surface area contributed by atoms with Gasteiger partial charge in [-0.2, -0.15) is 8.78 Å². The smallest absolute Gasteiger partial charge is 0.387 e. The number of aromatic nitrogens is 3. The number of piperidine rings is 1. The third-order valence-corrected chi connectivity index (χ3v) is 8.29. The van der Waals surface area contributed by atoms with Crippen molar-refractivity contribution in [3.05, 3.63) is 77.0 Å². The number of alkyl halides is 2. The first-order chi connectivity index (χ1) is 19.3. The van der Waals surface area contributed by atoms with E-state index < -0.39 is 6.61 Å². The summed E-state index contributed by atoms with van der Waals surface area (Å²) in [5, 5.41) is 0. The van der Waals surface area contributed by atoms with Crippen LogP contribution < -0.4 is 14.4 Å². The Kier molecular flexibility index (Phi) is 6.82. The number of hydrogen-bond donors (Lipinski definition) is 0. The molecule has 7 nitrogen and oxygen atoms in total. The molecule has 6 rings (SSSR count). The molecular formula is C31H31F2N5O2. The first-order valence-corrected chi connectivity index (χ1v) is 13.5. The number of aliphatic imine (C=N–C) groups is 1. The molecule has 2 aromatic heterocycles. The van der Waals surface area contributed by atoms with Crippen LogP contribution in [0.1, 0.15) is 55.5 Å². The Balaban J connectivity index is 1.15. The Morgan fingerprint density at radius 2 is 1.82 bits per heavy atom. The second kappa shape index (κ2) is 10.4. The fourth-order valence-corrected chi connectivity index (χ4v) is 5.87. The number of methoxy groups -OCH3 is 1. The third-order valence-electron chi connectivity index (χ3n) is 8.29. The molecule has 1 saturated heterocycles. The number of allylic oxidation sites excluding steroid dienone is 3. The average molecular weight is 544 g/mol. The lowest BCUT2D eigenvalue weighted by Crippen LogP contribution is -2.43. The highest BCUT2D eigenvalue weighted by molar-refractivity contribution is 6.03. The number of benzene rings is 1. The second-order valence-electron chi connectivity index (χ2n) is 10.7. The number of hydrogen-bond acceptors (Lipinski definition) is 7. The molecule has 40 heavy (non-hydrogen) atoms. The quantitative estimate of drug-likeness (QED) is 0.341. The Labute approximate surface area is 232 Å². The minimum absolute atomic E-state index is 0.0530. The Morgan fingerprint density at radius 3 is 2.55 bits per heavy atom. The van der Waals surface area contributed by atoms with Crippen molar-refractivity contribution in [2.75, 3.05) is 25.1 Å². The van der Waals surface area contributed by atoms with Crippen LogP contribution in [-0.4, -0.2) is 47.5 Å². The normalized spacial score (nSPS) is 18.1. The zero-order valence-corrected chi connectivity index (χ0v) is 22.8. The zero-order valence-electron chi connectivity index (χ0n) is 22.8. The molecule has 0 saturated carbocycles. The molecule has 9 heteroatoms. The van der Waals surface area contributed by atoms with Crippen LogP contribution in [0.25, 0.3) is 17.2 Å². The van der Waals surface area contributed by atoms with Crippen molar-refractivity contribution in [2.45, 2.75) is 46.1 Å². The predicted molar refractivity (Wildman–Crippen MR) is 152 cm³/mol. The van der Waals surface area contributed by atoms with Gasteiger partial charge in [-0.25, -0.2) is 15.0 Å². The Hall–Kier alpha value is -4.14. The lowest BCUT2D eigenvalue weighted by molar-refractivity contribution is -0.0498. The van der Waals surface area contributed by atoms with Gasteiger partial charge in [0.05, 0.1) is 12.8 Å². The van der Waals surface area contributed by atoms with Gasteiger partial charge < -0.3 is 14.4 Å². The van der Waals surface area contributed by atoms with Crippen LogP contribution in [-0.2, 0) is 6.42 Å². The minimum atomic E-state index is -2.84. The molecule has 1 aliphatic carbocycles. The van der Waals surface area contributed by atoms with E-state index in [0.29, 0.717) is 12.3 Å². The topological polar surface area (TPSA) is 72.7 Å². The largest absolute Gasteiger partial charge is 0.481 e. The highest BCUT2D eigenvalue weighted by Gasteiger charge is 2.38. The lowest BCUT2D eigenvalue weighted by atomic mass is 9.74. The second-order valence-corrected chi connectivity index (χ2v) is 10.7. The fraction of sp³-hybridized carbons (Fsp3) is 0.355. The number of halogens is 2. The van der Waals surface area contributed by atoms with Gasteiger partial charge in [-0.3, -0.25) is 4.99 Å². The van der Waals surface area contributed by atoms with Gasteiger partial charge in [0.2, 0.25) is 5.88 Å². The maximum atomic E-state index is 12.7.